The van der Waals surface area contributed by atoms with Crippen molar-refractivity contribution in [1.82, 2.24) is 8.75 Å². The largest absolute Gasteiger partial charge is 0.364 e. The van der Waals surface area contributed by atoms with Crippen LogP contribution >= 0.6 is 11.7 Å². The number of hydrogen-bond acceptors (Lipinski definition) is 4. The van der Waals surface area contributed by atoms with Gasteiger partial charge in [0.2, 0.25) is 0 Å². The number of anilines is 1. The van der Waals surface area contributed by atoms with Crippen LogP contribution in [0.5, 0.6) is 0 Å². The molecule has 1 N–H and O–H groups in total. The minimum atomic E-state index is -0.205. The molecule has 14 heavy (non-hydrogen) atoms. The lowest BCUT2D eigenvalue weighted by molar-refractivity contribution is 0.613. The Labute approximate surface area is 84.9 Å². The summed E-state index contributed by atoms with van der Waals surface area (Å²) in [5, 5.41) is 2.98. The zero-order valence-corrected chi connectivity index (χ0v) is 8.09. The van der Waals surface area contributed by atoms with Crippen molar-refractivity contribution in [3.8, 4) is 0 Å². The summed E-state index contributed by atoms with van der Waals surface area (Å²) in [5.74, 6) is 0.474. The molecule has 0 atom stereocenters. The zero-order valence-electron chi connectivity index (χ0n) is 7.27. The van der Waals surface area contributed by atoms with Crippen molar-refractivity contribution in [2.24, 2.45) is 0 Å². The second-order valence-electron chi connectivity index (χ2n) is 2.74. The second-order valence-corrected chi connectivity index (χ2v) is 3.29. The molecule has 0 fully saturated rings. The lowest BCUT2D eigenvalue weighted by Gasteiger charge is -2.03. The van der Waals surface area contributed by atoms with Gasteiger partial charge in [0.05, 0.1) is 17.9 Å². The monoisotopic (exact) mass is 209 g/mol. The van der Waals surface area contributed by atoms with Gasteiger partial charge < -0.3 is 5.32 Å². The Balaban J connectivity index is 2.02. The third-order valence-corrected chi connectivity index (χ3v) is 2.26. The molecule has 1 heterocycles. The molecule has 0 aliphatic rings. The number of nitrogens with one attached hydrogen (secondary N) is 1. The summed E-state index contributed by atoms with van der Waals surface area (Å²) in [5.41, 5.74) is 0.625. The van der Waals surface area contributed by atoms with Crippen molar-refractivity contribution in [3.63, 3.8) is 0 Å². The second kappa shape index (κ2) is 4.15. The van der Waals surface area contributed by atoms with E-state index >= 15 is 0 Å². The van der Waals surface area contributed by atoms with Crippen LogP contribution in [-0.2, 0) is 6.54 Å². The summed E-state index contributed by atoms with van der Waals surface area (Å²) in [4.78, 5) is 0. The maximum absolute atomic E-state index is 13.1. The first kappa shape index (κ1) is 9.08. The van der Waals surface area contributed by atoms with E-state index in [0.29, 0.717) is 17.9 Å². The molecule has 0 bridgehead atoms. The maximum atomic E-state index is 13.1. The molecular formula is C9H8FN3S. The summed E-state index contributed by atoms with van der Waals surface area (Å²) >= 11 is 1.12. The molecule has 0 aliphatic heterocycles. The summed E-state index contributed by atoms with van der Waals surface area (Å²) in [6, 6.07) is 6.65. The Bertz CT molecular complexity index is 402. The van der Waals surface area contributed by atoms with Gasteiger partial charge in [-0.05, 0) is 6.07 Å². The molecule has 72 valence electrons. The predicted molar refractivity (Wildman–Crippen MR) is 53.6 cm³/mol. The highest BCUT2D eigenvalue weighted by Crippen LogP contribution is 2.09. The van der Waals surface area contributed by atoms with Gasteiger partial charge in [0.15, 0.2) is 5.82 Å². The lowest BCUT2D eigenvalue weighted by atomic mass is 10.2. The van der Waals surface area contributed by atoms with Gasteiger partial charge in [-0.3, -0.25) is 0 Å². The van der Waals surface area contributed by atoms with Crippen LogP contribution in [0.3, 0.4) is 0 Å². The van der Waals surface area contributed by atoms with Gasteiger partial charge in [-0.1, -0.05) is 18.2 Å². The van der Waals surface area contributed by atoms with Crippen LogP contribution in [0.15, 0.2) is 30.5 Å². The molecule has 0 aliphatic carbocycles. The molecule has 0 spiro atoms. The first-order chi connectivity index (χ1) is 6.86. The van der Waals surface area contributed by atoms with Crippen molar-refractivity contribution in [2.45, 2.75) is 6.54 Å². The van der Waals surface area contributed by atoms with Crippen LogP contribution in [0.25, 0.3) is 0 Å². The first-order valence-electron chi connectivity index (χ1n) is 4.11. The minimum absolute atomic E-state index is 0.205. The maximum Gasteiger partial charge on any atom is 0.160 e. The smallest absolute Gasteiger partial charge is 0.160 e. The van der Waals surface area contributed by atoms with Gasteiger partial charge >= 0.3 is 0 Å². The highest BCUT2D eigenvalue weighted by molar-refractivity contribution is 6.99. The topological polar surface area (TPSA) is 37.8 Å². The van der Waals surface area contributed by atoms with E-state index in [1.165, 1.54) is 6.07 Å². The number of nitrogens with zero attached hydrogens (tertiary/aromatic N) is 2. The van der Waals surface area contributed by atoms with Crippen LogP contribution in [0.2, 0.25) is 0 Å². The van der Waals surface area contributed by atoms with E-state index in [1.54, 1.807) is 24.4 Å². The molecule has 2 aromatic rings. The Morgan fingerprint density at radius 2 is 2.21 bits per heavy atom. The molecular weight excluding hydrogens is 201 g/mol. The van der Waals surface area contributed by atoms with Gasteiger partial charge in [-0.15, -0.1) is 0 Å². The fourth-order valence-corrected chi connectivity index (χ4v) is 1.46. The number of aromatic nitrogens is 2. The predicted octanol–water partition coefficient (Wildman–Crippen LogP) is 2.29. The number of benzene rings is 1. The molecule has 1 aromatic carbocycles. The molecule has 3 nitrogen and oxygen atoms in total. The Morgan fingerprint density at radius 1 is 1.36 bits per heavy atom. The highest BCUT2D eigenvalue weighted by atomic mass is 32.1. The minimum Gasteiger partial charge on any atom is -0.364 e. The lowest BCUT2D eigenvalue weighted by Crippen LogP contribution is -2.01. The van der Waals surface area contributed by atoms with Crippen LogP contribution < -0.4 is 5.32 Å². The third kappa shape index (κ3) is 2.05. The fraction of sp³-hybridized carbons (Fsp3) is 0.111. The molecule has 2 rings (SSSR count). The molecule has 5 heteroatoms. The summed E-state index contributed by atoms with van der Waals surface area (Å²) < 4.78 is 20.9. The van der Waals surface area contributed by atoms with Crippen LogP contribution in [-0.4, -0.2) is 8.75 Å². The zero-order chi connectivity index (χ0) is 9.80. The standard InChI is InChI=1S/C9H8FN3S/c10-8-4-2-1-3-7(8)5-11-9-6-12-14-13-9/h1-4,6H,5H2,(H,11,13). The quantitative estimate of drug-likeness (QED) is 0.842. The Kier molecular flexibility index (Phi) is 2.69. The molecule has 0 unspecified atom stereocenters. The van der Waals surface area contributed by atoms with Crippen molar-refractivity contribution >= 4 is 17.5 Å². The molecule has 0 saturated heterocycles. The van der Waals surface area contributed by atoms with E-state index in [1.807, 2.05) is 0 Å². The highest BCUT2D eigenvalue weighted by Gasteiger charge is 2.00. The number of halogens is 1. The third-order valence-electron chi connectivity index (χ3n) is 1.78. The average molecular weight is 209 g/mol. The van der Waals surface area contributed by atoms with Crippen LogP contribution in [0.1, 0.15) is 5.56 Å². The SMILES string of the molecule is Fc1ccccc1CNc1cnsn1. The van der Waals surface area contributed by atoms with E-state index in [2.05, 4.69) is 14.1 Å². The number of rotatable bonds is 3. The van der Waals surface area contributed by atoms with Crippen LogP contribution in [0, 0.1) is 5.82 Å². The van der Waals surface area contributed by atoms with Crippen molar-refractivity contribution < 1.29 is 4.39 Å². The Hall–Kier alpha value is -1.49. The fourth-order valence-electron chi connectivity index (χ4n) is 1.07. The first-order valence-corrected chi connectivity index (χ1v) is 4.84. The van der Waals surface area contributed by atoms with Gasteiger partial charge in [0, 0.05) is 12.1 Å². The average Bonchev–Trinajstić information content (AvgIpc) is 2.69. The van der Waals surface area contributed by atoms with Crippen molar-refractivity contribution in [1.29, 1.82) is 0 Å². The van der Waals surface area contributed by atoms with Gasteiger partial charge in [0.25, 0.3) is 0 Å². The summed E-state index contributed by atoms with van der Waals surface area (Å²) in [6.07, 6.45) is 1.62. The molecule has 0 amide bonds. The Morgan fingerprint density at radius 3 is 2.93 bits per heavy atom. The molecule has 0 radical (unpaired) electrons. The normalized spacial score (nSPS) is 10.1. The molecule has 1 aromatic heterocycles. The van der Waals surface area contributed by atoms with Crippen molar-refractivity contribution in [2.75, 3.05) is 5.32 Å². The van der Waals surface area contributed by atoms with E-state index < -0.39 is 0 Å². The van der Waals surface area contributed by atoms with E-state index in [0.717, 1.165) is 11.7 Å². The van der Waals surface area contributed by atoms with E-state index in [4.69, 9.17) is 0 Å². The molecule has 0 saturated carbocycles. The van der Waals surface area contributed by atoms with Gasteiger partial charge in [0.1, 0.15) is 5.82 Å². The summed E-state index contributed by atoms with van der Waals surface area (Å²) in [7, 11) is 0. The van der Waals surface area contributed by atoms with Gasteiger partial charge in [-0.25, -0.2) is 4.39 Å². The van der Waals surface area contributed by atoms with E-state index in [9.17, 15) is 4.39 Å². The van der Waals surface area contributed by atoms with E-state index in [-0.39, 0.29) is 5.82 Å². The van der Waals surface area contributed by atoms with Gasteiger partial charge in [-0.2, -0.15) is 8.75 Å². The number of hydrogen-bond donors (Lipinski definition) is 1. The van der Waals surface area contributed by atoms with Crippen molar-refractivity contribution in [3.05, 3.63) is 41.8 Å². The van der Waals surface area contributed by atoms with Crippen LogP contribution in [0.4, 0.5) is 10.2 Å². The summed E-state index contributed by atoms with van der Waals surface area (Å²) in [6.45, 7) is 0.429.